The largest absolute Gasteiger partial charge is 0.504 e. The van der Waals surface area contributed by atoms with E-state index in [1.54, 1.807) is 6.92 Å². The molecular formula is C23H32O5. The van der Waals surface area contributed by atoms with Crippen LogP contribution in [0.5, 0.6) is 0 Å². The molecule has 3 saturated carbocycles. The van der Waals surface area contributed by atoms with E-state index in [2.05, 4.69) is 13.8 Å². The Morgan fingerprint density at radius 3 is 2.32 bits per heavy atom. The average molecular weight is 389 g/mol. The van der Waals surface area contributed by atoms with E-state index in [0.29, 0.717) is 30.6 Å². The predicted octanol–water partition coefficient (Wildman–Crippen LogP) is 4.29. The lowest BCUT2D eigenvalue weighted by atomic mass is 9.46. The van der Waals surface area contributed by atoms with Gasteiger partial charge in [0, 0.05) is 18.8 Å². The molecule has 0 heterocycles. The van der Waals surface area contributed by atoms with Crippen LogP contribution in [0.25, 0.3) is 0 Å². The van der Waals surface area contributed by atoms with Crippen LogP contribution in [0.15, 0.2) is 11.3 Å². The quantitative estimate of drug-likeness (QED) is 0.714. The van der Waals surface area contributed by atoms with Gasteiger partial charge in [0.05, 0.1) is 0 Å². The van der Waals surface area contributed by atoms with Gasteiger partial charge in [-0.2, -0.15) is 0 Å². The first-order valence-corrected chi connectivity index (χ1v) is 10.7. The van der Waals surface area contributed by atoms with Gasteiger partial charge in [-0.1, -0.05) is 13.8 Å². The molecule has 4 aliphatic carbocycles. The Kier molecular flexibility index (Phi) is 4.33. The molecule has 3 fully saturated rings. The van der Waals surface area contributed by atoms with E-state index in [9.17, 15) is 19.5 Å². The summed E-state index contributed by atoms with van der Waals surface area (Å²) in [6, 6.07) is 0. The highest BCUT2D eigenvalue weighted by atomic mass is 16.6. The lowest BCUT2D eigenvalue weighted by Gasteiger charge is -2.59. The van der Waals surface area contributed by atoms with Gasteiger partial charge in [-0.25, -0.2) is 0 Å². The molecular weight excluding hydrogens is 356 g/mol. The summed E-state index contributed by atoms with van der Waals surface area (Å²) in [5, 5.41) is 10.4. The first kappa shape index (κ1) is 19.7. The molecule has 0 saturated heterocycles. The molecule has 0 aromatic carbocycles. The third-order valence-corrected chi connectivity index (χ3v) is 9.10. The molecule has 4 aliphatic rings. The monoisotopic (exact) mass is 388 g/mol. The number of carbonyl (C=O) groups is 3. The van der Waals surface area contributed by atoms with E-state index in [4.69, 9.17) is 4.74 Å². The maximum absolute atomic E-state index is 12.7. The summed E-state index contributed by atoms with van der Waals surface area (Å²) in [5.41, 5.74) is -0.513. The maximum atomic E-state index is 12.7. The number of Topliss-reactive ketones (excluding diaryl/α,β-unsaturated/α-hetero) is 2. The fourth-order valence-electron chi connectivity index (χ4n) is 7.75. The summed E-state index contributed by atoms with van der Waals surface area (Å²) >= 11 is 0. The summed E-state index contributed by atoms with van der Waals surface area (Å²) in [7, 11) is 0. The lowest BCUT2D eigenvalue weighted by molar-refractivity contribution is -0.187. The average Bonchev–Trinajstić information content (AvgIpc) is 2.92. The van der Waals surface area contributed by atoms with Crippen LogP contribution in [0, 0.1) is 28.6 Å². The molecule has 0 aromatic rings. The van der Waals surface area contributed by atoms with Crippen molar-refractivity contribution in [3.05, 3.63) is 11.3 Å². The van der Waals surface area contributed by atoms with E-state index in [1.165, 1.54) is 6.92 Å². The zero-order chi connectivity index (χ0) is 20.5. The fraction of sp³-hybridized carbons (Fsp3) is 0.783. The van der Waals surface area contributed by atoms with Gasteiger partial charge in [-0.05, 0) is 80.6 Å². The number of hydrogen-bond acceptors (Lipinski definition) is 5. The minimum atomic E-state index is -1.00. The summed E-state index contributed by atoms with van der Waals surface area (Å²) in [5.74, 6) is 0.663. The molecule has 0 unspecified atom stereocenters. The van der Waals surface area contributed by atoms with E-state index in [-0.39, 0.29) is 34.1 Å². The Bertz CT molecular complexity index is 782. The number of aliphatic hydroxyl groups is 1. The number of fused-ring (bicyclic) bond motifs is 5. The first-order valence-electron chi connectivity index (χ1n) is 10.7. The molecule has 6 atom stereocenters. The smallest absolute Gasteiger partial charge is 0.303 e. The fourth-order valence-corrected chi connectivity index (χ4v) is 7.75. The summed E-state index contributed by atoms with van der Waals surface area (Å²) in [6.45, 7) is 7.34. The third kappa shape index (κ3) is 2.34. The molecule has 0 spiro atoms. The highest BCUT2D eigenvalue weighted by Gasteiger charge is 2.68. The van der Waals surface area contributed by atoms with Crippen molar-refractivity contribution in [2.45, 2.75) is 84.7 Å². The van der Waals surface area contributed by atoms with E-state index < -0.39 is 5.60 Å². The minimum absolute atomic E-state index is 0.0185. The van der Waals surface area contributed by atoms with Gasteiger partial charge in [0.15, 0.2) is 22.9 Å². The van der Waals surface area contributed by atoms with E-state index >= 15 is 0 Å². The van der Waals surface area contributed by atoms with Crippen molar-refractivity contribution >= 4 is 17.5 Å². The Labute approximate surface area is 166 Å². The second kappa shape index (κ2) is 6.17. The Hall–Kier alpha value is -1.65. The van der Waals surface area contributed by atoms with Crippen molar-refractivity contribution in [2.24, 2.45) is 28.6 Å². The zero-order valence-corrected chi connectivity index (χ0v) is 17.5. The van der Waals surface area contributed by atoms with E-state index in [1.807, 2.05) is 0 Å². The van der Waals surface area contributed by atoms with Gasteiger partial charge < -0.3 is 9.84 Å². The Morgan fingerprint density at radius 1 is 1.00 bits per heavy atom. The van der Waals surface area contributed by atoms with Gasteiger partial charge in [0.2, 0.25) is 0 Å². The summed E-state index contributed by atoms with van der Waals surface area (Å²) < 4.78 is 5.79. The molecule has 0 bridgehead atoms. The summed E-state index contributed by atoms with van der Waals surface area (Å²) in [6.07, 6.45) is 6.18. The first-order chi connectivity index (χ1) is 13.1. The minimum Gasteiger partial charge on any atom is -0.504 e. The SMILES string of the molecule is CC(=O)O[C@]1(C(C)=O)CC[C@H]2[C@@H]3CCC4=C(O)C(=O)CC[C@]4(C)[C@H]3CC[C@@]21C. The van der Waals surface area contributed by atoms with Crippen molar-refractivity contribution in [2.75, 3.05) is 0 Å². The summed E-state index contributed by atoms with van der Waals surface area (Å²) in [4.78, 5) is 36.7. The van der Waals surface area contributed by atoms with Crippen molar-refractivity contribution in [1.29, 1.82) is 0 Å². The lowest BCUT2D eigenvalue weighted by Crippen LogP contribution is -2.58. The van der Waals surface area contributed by atoms with Gasteiger partial charge >= 0.3 is 5.97 Å². The number of carbonyl (C=O) groups excluding carboxylic acids is 3. The molecule has 0 aromatic heterocycles. The normalized spacial score (nSPS) is 45.1. The van der Waals surface area contributed by atoms with Crippen LogP contribution in [0.4, 0.5) is 0 Å². The number of ether oxygens (including phenoxy) is 1. The molecule has 0 aliphatic heterocycles. The number of allylic oxidation sites excluding steroid dienone is 1. The van der Waals surface area contributed by atoms with Crippen LogP contribution < -0.4 is 0 Å². The highest BCUT2D eigenvalue weighted by molar-refractivity contribution is 5.95. The van der Waals surface area contributed by atoms with E-state index in [0.717, 1.165) is 44.1 Å². The van der Waals surface area contributed by atoms with Crippen LogP contribution >= 0.6 is 0 Å². The molecule has 1 N–H and O–H groups in total. The highest BCUT2D eigenvalue weighted by Crippen LogP contribution is 2.68. The second-order valence-corrected chi connectivity index (χ2v) is 10.1. The molecule has 5 nitrogen and oxygen atoms in total. The molecule has 0 amide bonds. The molecule has 4 rings (SSSR count). The number of esters is 1. The van der Waals surface area contributed by atoms with Gasteiger partial charge in [0.25, 0.3) is 0 Å². The van der Waals surface area contributed by atoms with Crippen molar-refractivity contribution in [3.8, 4) is 0 Å². The Morgan fingerprint density at radius 2 is 1.68 bits per heavy atom. The van der Waals surface area contributed by atoms with Gasteiger partial charge in [-0.3, -0.25) is 14.4 Å². The van der Waals surface area contributed by atoms with Crippen LogP contribution in [0.2, 0.25) is 0 Å². The third-order valence-electron chi connectivity index (χ3n) is 9.10. The molecule has 154 valence electrons. The van der Waals surface area contributed by atoms with Crippen LogP contribution in [-0.2, 0) is 19.1 Å². The number of hydrogen-bond donors (Lipinski definition) is 1. The van der Waals surface area contributed by atoms with Crippen LogP contribution in [0.1, 0.15) is 79.1 Å². The Balaban J connectivity index is 1.72. The zero-order valence-electron chi connectivity index (χ0n) is 17.5. The maximum Gasteiger partial charge on any atom is 0.303 e. The van der Waals surface area contributed by atoms with Crippen molar-refractivity contribution < 1.29 is 24.2 Å². The standard InChI is InChI=1S/C23H32O5/c1-13(24)23(28-14(2)25)12-8-17-15-5-6-18-20(27)19(26)9-10-21(18,3)16(15)7-11-22(17,23)4/h15-17,27H,5-12H2,1-4H3/t15-,16+,17+,21-,22+,23+/m1/s1. The molecule has 0 radical (unpaired) electrons. The van der Waals surface area contributed by atoms with Gasteiger partial charge in [0.1, 0.15) is 0 Å². The van der Waals surface area contributed by atoms with Crippen LogP contribution in [0.3, 0.4) is 0 Å². The topological polar surface area (TPSA) is 80.7 Å². The van der Waals surface area contributed by atoms with Crippen LogP contribution in [-0.4, -0.2) is 28.2 Å². The number of rotatable bonds is 2. The number of aliphatic hydroxyl groups excluding tert-OH is 1. The second-order valence-electron chi connectivity index (χ2n) is 10.1. The van der Waals surface area contributed by atoms with Crippen molar-refractivity contribution in [3.63, 3.8) is 0 Å². The predicted molar refractivity (Wildman–Crippen MR) is 103 cm³/mol. The van der Waals surface area contributed by atoms with Gasteiger partial charge in [-0.15, -0.1) is 0 Å². The van der Waals surface area contributed by atoms with Crippen molar-refractivity contribution in [1.82, 2.24) is 0 Å². The molecule has 5 heteroatoms. The molecule has 28 heavy (non-hydrogen) atoms. The number of ketones is 2.